The minimum Gasteiger partial charge on any atom is -0.444 e. The van der Waals surface area contributed by atoms with Crippen molar-refractivity contribution in [3.05, 3.63) is 0 Å². The maximum Gasteiger partial charge on any atom is 0.407 e. The topological polar surface area (TPSA) is 41.6 Å². The van der Waals surface area contributed by atoms with E-state index in [2.05, 4.69) is 24.1 Å². The first-order valence-corrected chi connectivity index (χ1v) is 5.87. The molecule has 15 heavy (non-hydrogen) atoms. The molecule has 2 aliphatic rings. The van der Waals surface area contributed by atoms with Crippen LogP contribution >= 0.6 is 0 Å². The molecule has 0 radical (unpaired) electrons. The number of rotatable bonds is 3. The van der Waals surface area contributed by atoms with Crippen LogP contribution in [0.3, 0.4) is 0 Å². The lowest BCUT2D eigenvalue weighted by Crippen LogP contribution is -2.38. The van der Waals surface area contributed by atoms with Gasteiger partial charge < -0.3 is 10.1 Å². The standard InChI is InChI=1S/C11H20N2O2/c1-8(2)13-5-3-4-9(13)6-10-7-12-11(14)15-10/h8-10H,3-7H2,1-2H3,(H,12,14). The lowest BCUT2D eigenvalue weighted by Gasteiger charge is -2.29. The van der Waals surface area contributed by atoms with Crippen molar-refractivity contribution in [2.45, 2.75) is 51.3 Å². The Bertz CT molecular complexity index is 243. The number of alkyl carbamates (subject to hydrolysis) is 1. The van der Waals surface area contributed by atoms with Crippen LogP contribution in [-0.4, -0.2) is 42.3 Å². The van der Waals surface area contributed by atoms with E-state index in [0.717, 1.165) is 6.42 Å². The molecule has 2 atom stereocenters. The molecule has 4 heteroatoms. The molecule has 2 fully saturated rings. The highest BCUT2D eigenvalue weighted by molar-refractivity contribution is 5.69. The van der Waals surface area contributed by atoms with E-state index in [9.17, 15) is 4.79 Å². The van der Waals surface area contributed by atoms with Crippen molar-refractivity contribution in [3.8, 4) is 0 Å². The van der Waals surface area contributed by atoms with E-state index in [1.54, 1.807) is 0 Å². The van der Waals surface area contributed by atoms with Gasteiger partial charge >= 0.3 is 6.09 Å². The summed E-state index contributed by atoms with van der Waals surface area (Å²) in [5, 5.41) is 2.71. The average molecular weight is 212 g/mol. The molecular formula is C11H20N2O2. The number of cyclic esters (lactones) is 1. The Balaban J connectivity index is 1.85. The second-order valence-electron chi connectivity index (χ2n) is 4.77. The van der Waals surface area contributed by atoms with Crippen molar-refractivity contribution in [1.29, 1.82) is 0 Å². The summed E-state index contributed by atoms with van der Waals surface area (Å²) >= 11 is 0. The Labute approximate surface area is 91.0 Å². The summed E-state index contributed by atoms with van der Waals surface area (Å²) in [6, 6.07) is 1.20. The number of carbonyl (C=O) groups excluding carboxylic acids is 1. The largest absolute Gasteiger partial charge is 0.444 e. The predicted octanol–water partition coefficient (Wildman–Crippen LogP) is 1.36. The third kappa shape index (κ3) is 2.43. The molecule has 2 rings (SSSR count). The van der Waals surface area contributed by atoms with Gasteiger partial charge in [-0.3, -0.25) is 4.90 Å². The summed E-state index contributed by atoms with van der Waals surface area (Å²) in [5.41, 5.74) is 0. The Morgan fingerprint density at radius 1 is 1.60 bits per heavy atom. The van der Waals surface area contributed by atoms with Crippen LogP contribution in [0.5, 0.6) is 0 Å². The summed E-state index contributed by atoms with van der Waals surface area (Å²) in [6.07, 6.45) is 3.33. The molecule has 1 amide bonds. The third-order valence-electron chi connectivity index (χ3n) is 3.37. The molecule has 0 aliphatic carbocycles. The van der Waals surface area contributed by atoms with Crippen LogP contribution in [0.15, 0.2) is 0 Å². The van der Waals surface area contributed by atoms with Gasteiger partial charge in [-0.2, -0.15) is 0 Å². The summed E-state index contributed by atoms with van der Waals surface area (Å²) in [7, 11) is 0. The number of carbonyl (C=O) groups is 1. The van der Waals surface area contributed by atoms with Crippen molar-refractivity contribution < 1.29 is 9.53 Å². The van der Waals surface area contributed by atoms with E-state index in [0.29, 0.717) is 18.6 Å². The van der Waals surface area contributed by atoms with E-state index in [-0.39, 0.29) is 12.2 Å². The smallest absolute Gasteiger partial charge is 0.407 e. The molecule has 1 N–H and O–H groups in total. The predicted molar refractivity (Wildman–Crippen MR) is 57.8 cm³/mol. The van der Waals surface area contributed by atoms with Gasteiger partial charge in [-0.25, -0.2) is 4.79 Å². The minimum atomic E-state index is -0.255. The first-order valence-electron chi connectivity index (χ1n) is 5.87. The van der Waals surface area contributed by atoms with E-state index in [1.807, 2.05) is 0 Å². The zero-order chi connectivity index (χ0) is 10.8. The van der Waals surface area contributed by atoms with E-state index >= 15 is 0 Å². The van der Waals surface area contributed by atoms with Crippen molar-refractivity contribution in [1.82, 2.24) is 10.2 Å². The number of ether oxygens (including phenoxy) is 1. The molecule has 0 spiro atoms. The number of hydrogen-bond acceptors (Lipinski definition) is 3. The summed E-state index contributed by atoms with van der Waals surface area (Å²) in [4.78, 5) is 13.4. The second-order valence-corrected chi connectivity index (χ2v) is 4.77. The first-order chi connectivity index (χ1) is 7.16. The first kappa shape index (κ1) is 10.7. The molecule has 0 saturated carbocycles. The van der Waals surface area contributed by atoms with Crippen molar-refractivity contribution in [2.24, 2.45) is 0 Å². The molecular weight excluding hydrogens is 192 g/mol. The monoisotopic (exact) mass is 212 g/mol. The fourth-order valence-corrected chi connectivity index (χ4v) is 2.66. The van der Waals surface area contributed by atoms with Gasteiger partial charge in [0.25, 0.3) is 0 Å². The summed E-state index contributed by atoms with van der Waals surface area (Å²) in [5.74, 6) is 0. The van der Waals surface area contributed by atoms with Gasteiger partial charge in [0.2, 0.25) is 0 Å². The minimum absolute atomic E-state index is 0.0850. The lowest BCUT2D eigenvalue weighted by atomic mass is 10.1. The lowest BCUT2D eigenvalue weighted by molar-refractivity contribution is 0.105. The van der Waals surface area contributed by atoms with Crippen LogP contribution in [0.25, 0.3) is 0 Å². The number of nitrogens with zero attached hydrogens (tertiary/aromatic N) is 1. The molecule has 4 nitrogen and oxygen atoms in total. The number of amides is 1. The van der Waals surface area contributed by atoms with Crippen LogP contribution < -0.4 is 5.32 Å². The Kier molecular flexibility index (Phi) is 3.14. The van der Waals surface area contributed by atoms with Crippen molar-refractivity contribution in [2.75, 3.05) is 13.1 Å². The van der Waals surface area contributed by atoms with E-state index in [4.69, 9.17) is 4.74 Å². The highest BCUT2D eigenvalue weighted by Crippen LogP contribution is 2.25. The third-order valence-corrected chi connectivity index (χ3v) is 3.37. The molecule has 0 aromatic heterocycles. The molecule has 86 valence electrons. The fourth-order valence-electron chi connectivity index (χ4n) is 2.66. The van der Waals surface area contributed by atoms with Gasteiger partial charge in [0, 0.05) is 18.5 Å². The van der Waals surface area contributed by atoms with Gasteiger partial charge in [-0.05, 0) is 33.2 Å². The van der Waals surface area contributed by atoms with Crippen LogP contribution in [0, 0.1) is 0 Å². The zero-order valence-corrected chi connectivity index (χ0v) is 9.53. The zero-order valence-electron chi connectivity index (χ0n) is 9.53. The quantitative estimate of drug-likeness (QED) is 0.768. The normalized spacial score (nSPS) is 32.1. The maximum atomic E-state index is 10.9. The number of nitrogens with one attached hydrogen (secondary N) is 1. The highest BCUT2D eigenvalue weighted by Gasteiger charge is 2.32. The Hall–Kier alpha value is -0.770. The maximum absolute atomic E-state index is 10.9. The highest BCUT2D eigenvalue weighted by atomic mass is 16.6. The molecule has 2 unspecified atom stereocenters. The van der Waals surface area contributed by atoms with Crippen LogP contribution in [0.4, 0.5) is 4.79 Å². The molecule has 2 heterocycles. The van der Waals surface area contributed by atoms with Crippen molar-refractivity contribution in [3.63, 3.8) is 0 Å². The average Bonchev–Trinajstić information content (AvgIpc) is 2.75. The van der Waals surface area contributed by atoms with E-state index in [1.165, 1.54) is 19.4 Å². The molecule has 0 aromatic carbocycles. The van der Waals surface area contributed by atoms with Gasteiger partial charge in [-0.1, -0.05) is 0 Å². The van der Waals surface area contributed by atoms with Crippen LogP contribution in [0.1, 0.15) is 33.1 Å². The molecule has 2 saturated heterocycles. The van der Waals surface area contributed by atoms with Crippen LogP contribution in [-0.2, 0) is 4.74 Å². The van der Waals surface area contributed by atoms with Gasteiger partial charge in [0.05, 0.1) is 6.54 Å². The van der Waals surface area contributed by atoms with E-state index < -0.39 is 0 Å². The Morgan fingerprint density at radius 2 is 2.40 bits per heavy atom. The Morgan fingerprint density at radius 3 is 3.00 bits per heavy atom. The van der Waals surface area contributed by atoms with Crippen LogP contribution in [0.2, 0.25) is 0 Å². The number of likely N-dealkylation sites (tertiary alicyclic amines) is 1. The van der Waals surface area contributed by atoms with Gasteiger partial charge in [0.1, 0.15) is 6.10 Å². The van der Waals surface area contributed by atoms with Gasteiger partial charge in [0.15, 0.2) is 0 Å². The fraction of sp³-hybridized carbons (Fsp3) is 0.909. The van der Waals surface area contributed by atoms with Gasteiger partial charge in [-0.15, -0.1) is 0 Å². The molecule has 0 bridgehead atoms. The second kappa shape index (κ2) is 4.39. The summed E-state index contributed by atoms with van der Waals surface area (Å²) in [6.45, 7) is 6.34. The van der Waals surface area contributed by atoms with Crippen molar-refractivity contribution >= 4 is 6.09 Å². The number of hydrogen-bond donors (Lipinski definition) is 1. The SMILES string of the molecule is CC(C)N1CCCC1CC1CNC(=O)O1. The molecule has 2 aliphatic heterocycles. The summed E-state index contributed by atoms with van der Waals surface area (Å²) < 4.78 is 5.17. The molecule has 0 aromatic rings.